The van der Waals surface area contributed by atoms with E-state index in [9.17, 15) is 4.39 Å². The Morgan fingerprint density at radius 1 is 1.29 bits per heavy atom. The van der Waals surface area contributed by atoms with Crippen LogP contribution in [-0.2, 0) is 7.05 Å². The molecule has 0 amide bonds. The number of nitrogens with zero attached hydrogens (tertiary/aromatic N) is 2. The van der Waals surface area contributed by atoms with Crippen LogP contribution in [0.3, 0.4) is 0 Å². The number of aryl methyl sites for hydroxylation is 2. The molecule has 0 aliphatic rings. The summed E-state index contributed by atoms with van der Waals surface area (Å²) in [6, 6.07) is 6.21. The van der Waals surface area contributed by atoms with E-state index < -0.39 is 0 Å². The van der Waals surface area contributed by atoms with Gasteiger partial charge in [-0.15, -0.1) is 11.3 Å². The molecular weight excluding hydrogens is 309 g/mol. The van der Waals surface area contributed by atoms with Crippen molar-refractivity contribution in [2.75, 3.05) is 5.73 Å². The van der Waals surface area contributed by atoms with Gasteiger partial charge < -0.3 is 5.73 Å². The number of halogens is 2. The summed E-state index contributed by atoms with van der Waals surface area (Å²) in [5.74, 6) is 0.242. The third-order valence-electron chi connectivity index (χ3n) is 3.34. The highest BCUT2D eigenvalue weighted by molar-refractivity contribution is 7.14. The van der Waals surface area contributed by atoms with E-state index in [1.807, 2.05) is 12.3 Å². The van der Waals surface area contributed by atoms with Crippen LogP contribution in [-0.4, -0.2) is 9.78 Å². The van der Waals surface area contributed by atoms with Gasteiger partial charge in [-0.05, 0) is 35.6 Å². The van der Waals surface area contributed by atoms with Crippen molar-refractivity contribution in [3.8, 4) is 21.7 Å². The Kier molecular flexibility index (Phi) is 3.47. The smallest absolute Gasteiger partial charge is 0.129 e. The molecule has 0 aliphatic heterocycles. The quantitative estimate of drug-likeness (QED) is 0.755. The lowest BCUT2D eigenvalue weighted by Crippen LogP contribution is -1.97. The summed E-state index contributed by atoms with van der Waals surface area (Å²) < 4.78 is 14.7. The number of hydrogen-bond acceptors (Lipinski definition) is 3. The zero-order valence-electron chi connectivity index (χ0n) is 11.5. The Bertz CT molecular complexity index is 805. The fourth-order valence-corrected chi connectivity index (χ4v) is 3.46. The van der Waals surface area contributed by atoms with Crippen molar-refractivity contribution in [2.45, 2.75) is 6.92 Å². The highest BCUT2D eigenvalue weighted by Crippen LogP contribution is 2.42. The molecule has 0 atom stereocenters. The first-order valence-corrected chi connectivity index (χ1v) is 7.57. The number of aromatic nitrogens is 2. The highest BCUT2D eigenvalue weighted by atomic mass is 35.5. The van der Waals surface area contributed by atoms with E-state index >= 15 is 0 Å². The summed E-state index contributed by atoms with van der Waals surface area (Å²) in [5, 5.41) is 7.14. The predicted octanol–water partition coefficient (Wildman–Crippen LogP) is 4.50. The maximum absolute atomic E-state index is 13.1. The first-order valence-electron chi connectivity index (χ1n) is 6.31. The number of benzene rings is 1. The second-order valence-corrected chi connectivity index (χ2v) is 6.06. The molecule has 0 fully saturated rings. The molecule has 21 heavy (non-hydrogen) atoms. The molecule has 0 radical (unpaired) electrons. The molecule has 3 aromatic rings. The average Bonchev–Trinajstić information content (AvgIpc) is 2.93. The molecule has 2 heterocycles. The van der Waals surface area contributed by atoms with Gasteiger partial charge in [0.2, 0.25) is 0 Å². The van der Waals surface area contributed by atoms with Crippen LogP contribution in [0.1, 0.15) is 5.56 Å². The van der Waals surface area contributed by atoms with Crippen LogP contribution in [0.2, 0.25) is 5.02 Å². The van der Waals surface area contributed by atoms with Gasteiger partial charge in [-0.25, -0.2) is 4.39 Å². The van der Waals surface area contributed by atoms with Crippen molar-refractivity contribution >= 4 is 28.8 Å². The topological polar surface area (TPSA) is 43.8 Å². The molecule has 2 aromatic heterocycles. The van der Waals surface area contributed by atoms with Gasteiger partial charge in [-0.2, -0.15) is 5.10 Å². The lowest BCUT2D eigenvalue weighted by molar-refractivity contribution is 0.628. The molecule has 3 nitrogen and oxygen atoms in total. The summed E-state index contributed by atoms with van der Waals surface area (Å²) >= 11 is 7.88. The molecule has 0 saturated carbocycles. The van der Waals surface area contributed by atoms with Crippen molar-refractivity contribution in [1.29, 1.82) is 0 Å². The van der Waals surface area contributed by atoms with Gasteiger partial charge in [0.1, 0.15) is 17.3 Å². The number of hydrogen-bond donors (Lipinski definition) is 1. The van der Waals surface area contributed by atoms with E-state index in [0.29, 0.717) is 10.8 Å². The van der Waals surface area contributed by atoms with Crippen LogP contribution >= 0.6 is 22.9 Å². The number of thiophene rings is 1. The minimum atomic E-state index is -0.284. The van der Waals surface area contributed by atoms with E-state index in [1.165, 1.54) is 23.5 Å². The van der Waals surface area contributed by atoms with Crippen molar-refractivity contribution < 1.29 is 4.39 Å². The van der Waals surface area contributed by atoms with Gasteiger partial charge in [0.15, 0.2) is 0 Å². The van der Waals surface area contributed by atoms with Crippen LogP contribution in [0.4, 0.5) is 10.2 Å². The minimum Gasteiger partial charge on any atom is -0.383 e. The van der Waals surface area contributed by atoms with Crippen LogP contribution in [0.5, 0.6) is 0 Å². The normalized spacial score (nSPS) is 11.0. The lowest BCUT2D eigenvalue weighted by Gasteiger charge is -2.04. The zero-order chi connectivity index (χ0) is 15.1. The first-order chi connectivity index (χ1) is 9.99. The molecule has 6 heteroatoms. The van der Waals surface area contributed by atoms with Gasteiger partial charge in [0, 0.05) is 7.05 Å². The van der Waals surface area contributed by atoms with E-state index in [2.05, 4.69) is 5.10 Å². The molecule has 0 spiro atoms. The number of anilines is 1. The van der Waals surface area contributed by atoms with Crippen molar-refractivity contribution in [3.05, 3.63) is 46.0 Å². The van der Waals surface area contributed by atoms with E-state index in [4.69, 9.17) is 17.3 Å². The summed E-state index contributed by atoms with van der Waals surface area (Å²) in [7, 11) is 1.78. The molecule has 2 N–H and O–H groups in total. The summed E-state index contributed by atoms with van der Waals surface area (Å²) in [6.07, 6.45) is 0. The molecule has 0 bridgehead atoms. The van der Waals surface area contributed by atoms with Crippen molar-refractivity contribution in [2.24, 2.45) is 7.05 Å². The molecule has 0 aliphatic carbocycles. The van der Waals surface area contributed by atoms with Gasteiger partial charge in [0.25, 0.3) is 0 Å². The lowest BCUT2D eigenvalue weighted by atomic mass is 10.0. The predicted molar refractivity (Wildman–Crippen MR) is 86.1 cm³/mol. The molecule has 108 valence electrons. The Balaban J connectivity index is 2.25. The minimum absolute atomic E-state index is 0.284. The SMILES string of the molecule is Cc1csc(-c2nn(C)c(N)c2-c2ccc(F)cc2)c1Cl. The van der Waals surface area contributed by atoms with Crippen LogP contribution < -0.4 is 5.73 Å². The Morgan fingerprint density at radius 3 is 2.52 bits per heavy atom. The van der Waals surface area contributed by atoms with E-state index in [-0.39, 0.29) is 5.82 Å². The molecule has 3 rings (SSSR count). The Morgan fingerprint density at radius 2 is 1.95 bits per heavy atom. The summed E-state index contributed by atoms with van der Waals surface area (Å²) in [6.45, 7) is 1.95. The van der Waals surface area contributed by atoms with Crippen molar-refractivity contribution in [1.82, 2.24) is 9.78 Å². The van der Waals surface area contributed by atoms with E-state index in [1.54, 1.807) is 23.9 Å². The second-order valence-electron chi connectivity index (χ2n) is 4.80. The Labute approximate surface area is 130 Å². The van der Waals surface area contributed by atoms with Crippen molar-refractivity contribution in [3.63, 3.8) is 0 Å². The van der Waals surface area contributed by atoms with Gasteiger partial charge in [0.05, 0.1) is 15.5 Å². The fourth-order valence-electron chi connectivity index (χ4n) is 2.19. The Hall–Kier alpha value is -1.85. The largest absolute Gasteiger partial charge is 0.383 e. The standard InChI is InChI=1S/C15H13ClFN3S/c1-8-7-21-14(12(8)16)13-11(15(18)20(2)19-13)9-3-5-10(17)6-4-9/h3-7H,18H2,1-2H3. The average molecular weight is 322 g/mol. The maximum atomic E-state index is 13.1. The molecule has 0 unspecified atom stereocenters. The second kappa shape index (κ2) is 5.16. The number of rotatable bonds is 2. The van der Waals surface area contributed by atoms with Gasteiger partial charge >= 0.3 is 0 Å². The first kappa shape index (κ1) is 14.1. The van der Waals surface area contributed by atoms with E-state index in [0.717, 1.165) is 27.3 Å². The molecular formula is C15H13ClFN3S. The van der Waals surface area contributed by atoms with Crippen LogP contribution in [0, 0.1) is 12.7 Å². The zero-order valence-corrected chi connectivity index (χ0v) is 13.1. The third kappa shape index (κ3) is 2.32. The van der Waals surface area contributed by atoms with Gasteiger partial charge in [-0.1, -0.05) is 23.7 Å². The number of nitrogens with two attached hydrogens (primary N) is 1. The summed E-state index contributed by atoms with van der Waals surface area (Å²) in [5.41, 5.74) is 9.47. The summed E-state index contributed by atoms with van der Waals surface area (Å²) in [4.78, 5) is 0.876. The molecule has 0 saturated heterocycles. The monoisotopic (exact) mass is 321 g/mol. The van der Waals surface area contributed by atoms with Gasteiger partial charge in [-0.3, -0.25) is 4.68 Å². The highest BCUT2D eigenvalue weighted by Gasteiger charge is 2.21. The number of nitrogen functional groups attached to an aromatic ring is 1. The molecule has 1 aromatic carbocycles. The fraction of sp³-hybridized carbons (Fsp3) is 0.133. The third-order valence-corrected chi connectivity index (χ3v) is 5.04. The maximum Gasteiger partial charge on any atom is 0.129 e. The van der Waals surface area contributed by atoms with Crippen LogP contribution in [0.25, 0.3) is 21.7 Å². The van der Waals surface area contributed by atoms with Crippen LogP contribution in [0.15, 0.2) is 29.6 Å².